The molecular weight excluding hydrogens is 212 g/mol. The second kappa shape index (κ2) is 3.69. The zero-order valence-electron chi connectivity index (χ0n) is 8.80. The van der Waals surface area contributed by atoms with Crippen molar-refractivity contribution in [1.82, 2.24) is 14.7 Å². The molecule has 0 unspecified atom stereocenters. The molecule has 2 N–H and O–H groups in total. The zero-order valence-corrected chi connectivity index (χ0v) is 8.80. The molecule has 0 bridgehead atoms. The summed E-state index contributed by atoms with van der Waals surface area (Å²) in [5.74, 6) is 0.692. The number of nitrogens with zero attached hydrogens (tertiary/aromatic N) is 3. The Balaban J connectivity index is 2.44. The number of aryl methyl sites for hydroxylation is 1. The molecule has 0 amide bonds. The molecule has 0 spiro atoms. The van der Waals surface area contributed by atoms with Gasteiger partial charge in [0.2, 0.25) is 0 Å². The number of hydrogen-bond acceptors (Lipinski definition) is 6. The van der Waals surface area contributed by atoms with Crippen LogP contribution in [0.3, 0.4) is 0 Å². The molecule has 0 saturated heterocycles. The maximum Gasteiger partial charge on any atom is 0.360 e. The Morgan fingerprint density at radius 1 is 1.62 bits per heavy atom. The largest absolute Gasteiger partial charge is 0.464 e. The Hall–Kier alpha value is -2.31. The fourth-order valence-corrected chi connectivity index (χ4v) is 1.26. The maximum absolute atomic E-state index is 11.3. The van der Waals surface area contributed by atoms with Crippen molar-refractivity contribution in [3.8, 4) is 5.82 Å². The van der Waals surface area contributed by atoms with Crippen molar-refractivity contribution in [2.24, 2.45) is 0 Å². The van der Waals surface area contributed by atoms with Crippen molar-refractivity contribution in [2.75, 3.05) is 12.8 Å². The number of anilines is 1. The minimum Gasteiger partial charge on any atom is -0.464 e. The van der Waals surface area contributed by atoms with E-state index in [0.717, 1.165) is 0 Å². The lowest BCUT2D eigenvalue weighted by Crippen LogP contribution is -2.07. The highest BCUT2D eigenvalue weighted by atomic mass is 16.5. The van der Waals surface area contributed by atoms with E-state index in [1.54, 1.807) is 13.0 Å². The second-order valence-corrected chi connectivity index (χ2v) is 3.14. The number of carbonyl (C=O) groups excluding carboxylic acids is 1. The summed E-state index contributed by atoms with van der Waals surface area (Å²) in [4.78, 5) is 15.1. The average molecular weight is 222 g/mol. The Labute approximate surface area is 90.8 Å². The van der Waals surface area contributed by atoms with Crippen LogP contribution in [0, 0.1) is 6.92 Å². The van der Waals surface area contributed by atoms with Crippen LogP contribution in [-0.4, -0.2) is 27.8 Å². The third-order valence-electron chi connectivity index (χ3n) is 2.05. The lowest BCUT2D eigenvalue weighted by Gasteiger charge is -1.99. The summed E-state index contributed by atoms with van der Waals surface area (Å²) in [5.41, 5.74) is 5.80. The topological polar surface area (TPSA) is 96.2 Å². The van der Waals surface area contributed by atoms with Crippen LogP contribution in [-0.2, 0) is 4.74 Å². The van der Waals surface area contributed by atoms with Gasteiger partial charge in [-0.25, -0.2) is 9.78 Å². The minimum absolute atomic E-state index is 0.0585. The van der Waals surface area contributed by atoms with Gasteiger partial charge in [-0.3, -0.25) is 4.57 Å². The summed E-state index contributed by atoms with van der Waals surface area (Å²) in [5, 5.41) is 3.76. The van der Waals surface area contributed by atoms with E-state index in [4.69, 9.17) is 10.3 Å². The molecule has 2 heterocycles. The molecule has 0 aliphatic heterocycles. The third kappa shape index (κ3) is 1.52. The second-order valence-electron chi connectivity index (χ2n) is 3.14. The number of imidazole rings is 1. The van der Waals surface area contributed by atoms with Gasteiger partial charge in [0.15, 0.2) is 11.5 Å². The van der Waals surface area contributed by atoms with Gasteiger partial charge < -0.3 is 15.0 Å². The van der Waals surface area contributed by atoms with Crippen LogP contribution in [0.5, 0.6) is 0 Å². The predicted molar refractivity (Wildman–Crippen MR) is 54.1 cm³/mol. The molecule has 84 valence electrons. The van der Waals surface area contributed by atoms with E-state index in [1.807, 2.05) is 0 Å². The van der Waals surface area contributed by atoms with Crippen molar-refractivity contribution >= 4 is 11.8 Å². The first kappa shape index (κ1) is 10.2. The summed E-state index contributed by atoms with van der Waals surface area (Å²) in [7, 11) is 1.26. The maximum atomic E-state index is 11.3. The molecule has 0 aromatic carbocycles. The van der Waals surface area contributed by atoms with Gasteiger partial charge in [-0.05, 0) is 6.92 Å². The van der Waals surface area contributed by atoms with Crippen LogP contribution in [0.25, 0.3) is 5.82 Å². The van der Waals surface area contributed by atoms with Gasteiger partial charge in [-0.2, -0.15) is 0 Å². The number of aromatic nitrogens is 3. The number of ether oxygens (including phenoxy) is 1. The molecule has 7 heteroatoms. The molecule has 0 saturated carbocycles. The minimum atomic E-state index is -0.587. The summed E-state index contributed by atoms with van der Waals surface area (Å²) in [6, 6.07) is 1.68. The fourth-order valence-electron chi connectivity index (χ4n) is 1.26. The lowest BCUT2D eigenvalue weighted by molar-refractivity contribution is 0.0596. The number of methoxy groups -OCH3 is 1. The summed E-state index contributed by atoms with van der Waals surface area (Å²) < 4.78 is 10.9. The van der Waals surface area contributed by atoms with Gasteiger partial charge in [0.1, 0.15) is 17.9 Å². The van der Waals surface area contributed by atoms with Crippen molar-refractivity contribution in [1.29, 1.82) is 0 Å². The van der Waals surface area contributed by atoms with Gasteiger partial charge in [0.25, 0.3) is 0 Å². The van der Waals surface area contributed by atoms with Crippen LogP contribution >= 0.6 is 0 Å². The number of nitrogen functional groups attached to an aromatic ring is 1. The van der Waals surface area contributed by atoms with Crippen molar-refractivity contribution in [3.05, 3.63) is 23.8 Å². The fraction of sp³-hybridized carbons (Fsp3) is 0.222. The van der Waals surface area contributed by atoms with Crippen molar-refractivity contribution in [2.45, 2.75) is 6.92 Å². The van der Waals surface area contributed by atoms with Gasteiger partial charge in [0.05, 0.1) is 7.11 Å². The van der Waals surface area contributed by atoms with Crippen molar-refractivity contribution < 1.29 is 14.1 Å². The van der Waals surface area contributed by atoms with E-state index in [1.165, 1.54) is 18.0 Å². The summed E-state index contributed by atoms with van der Waals surface area (Å²) in [6.45, 7) is 1.75. The van der Waals surface area contributed by atoms with Crippen LogP contribution < -0.4 is 5.73 Å². The monoisotopic (exact) mass is 222 g/mol. The Morgan fingerprint density at radius 3 is 2.94 bits per heavy atom. The van der Waals surface area contributed by atoms with Crippen LogP contribution in [0.15, 0.2) is 16.9 Å². The van der Waals surface area contributed by atoms with Gasteiger partial charge in [0, 0.05) is 6.07 Å². The molecule has 2 rings (SSSR count). The number of hydrogen-bond donors (Lipinski definition) is 1. The highest BCUT2D eigenvalue weighted by Gasteiger charge is 2.18. The van der Waals surface area contributed by atoms with Crippen molar-refractivity contribution in [3.63, 3.8) is 0 Å². The Kier molecular flexibility index (Phi) is 2.35. The molecule has 0 atom stereocenters. The van der Waals surface area contributed by atoms with E-state index in [0.29, 0.717) is 11.6 Å². The quantitative estimate of drug-likeness (QED) is 0.745. The van der Waals surface area contributed by atoms with Crippen LogP contribution in [0.4, 0.5) is 5.82 Å². The summed E-state index contributed by atoms with van der Waals surface area (Å²) >= 11 is 0. The first-order valence-corrected chi connectivity index (χ1v) is 4.48. The number of rotatable bonds is 2. The highest BCUT2D eigenvalue weighted by Crippen LogP contribution is 2.17. The first-order chi connectivity index (χ1) is 7.63. The van der Waals surface area contributed by atoms with Gasteiger partial charge in [-0.1, -0.05) is 5.16 Å². The van der Waals surface area contributed by atoms with E-state index >= 15 is 0 Å². The third-order valence-corrected chi connectivity index (χ3v) is 2.05. The van der Waals surface area contributed by atoms with Gasteiger partial charge >= 0.3 is 5.97 Å². The van der Waals surface area contributed by atoms with Crippen LogP contribution in [0.2, 0.25) is 0 Å². The SMILES string of the molecule is COC(=O)c1ncn(-c2cc(C)on2)c1N. The number of nitrogens with two attached hydrogens (primary N) is 1. The van der Waals surface area contributed by atoms with E-state index in [-0.39, 0.29) is 11.5 Å². The average Bonchev–Trinajstić information content (AvgIpc) is 2.83. The normalized spacial score (nSPS) is 10.4. The molecule has 0 aliphatic carbocycles. The Morgan fingerprint density at radius 2 is 2.38 bits per heavy atom. The molecule has 0 aliphatic rings. The van der Waals surface area contributed by atoms with Crippen LogP contribution in [0.1, 0.15) is 16.2 Å². The molecule has 2 aromatic rings. The predicted octanol–water partition coefficient (Wildman–Crippen LogP) is 0.538. The van der Waals surface area contributed by atoms with E-state index in [2.05, 4.69) is 14.9 Å². The standard InChI is InChI=1S/C9H10N4O3/c1-5-3-6(12-16-5)13-4-11-7(8(13)10)9(14)15-2/h3-4H,10H2,1-2H3. The first-order valence-electron chi connectivity index (χ1n) is 4.48. The molecular formula is C9H10N4O3. The Bertz CT molecular complexity index is 529. The molecule has 0 fully saturated rings. The molecule has 2 aromatic heterocycles. The smallest absolute Gasteiger partial charge is 0.360 e. The molecule has 0 radical (unpaired) electrons. The summed E-state index contributed by atoms with van der Waals surface area (Å²) in [6.07, 6.45) is 1.39. The highest BCUT2D eigenvalue weighted by molar-refractivity contribution is 5.92. The van der Waals surface area contributed by atoms with E-state index in [9.17, 15) is 4.79 Å². The molecule has 7 nitrogen and oxygen atoms in total. The van der Waals surface area contributed by atoms with E-state index < -0.39 is 5.97 Å². The number of carbonyl (C=O) groups is 1. The zero-order chi connectivity index (χ0) is 11.7. The number of esters is 1. The lowest BCUT2D eigenvalue weighted by atomic mass is 10.4. The molecule has 16 heavy (non-hydrogen) atoms. The van der Waals surface area contributed by atoms with Gasteiger partial charge in [-0.15, -0.1) is 0 Å².